The number of hydrazine groups is 1. The van der Waals surface area contributed by atoms with Crippen LogP contribution in [0, 0.1) is 0 Å². The van der Waals surface area contributed by atoms with Gasteiger partial charge in [0.25, 0.3) is 0 Å². The lowest BCUT2D eigenvalue weighted by molar-refractivity contribution is 0.210. The van der Waals surface area contributed by atoms with Crippen LogP contribution in [0.15, 0.2) is 0 Å². The fourth-order valence-corrected chi connectivity index (χ4v) is 0.469. The molecule has 8 heavy (non-hydrogen) atoms. The van der Waals surface area contributed by atoms with Crippen molar-refractivity contribution in [1.29, 1.82) is 0 Å². The summed E-state index contributed by atoms with van der Waals surface area (Å²) in [5.41, 5.74) is 5.53. The van der Waals surface area contributed by atoms with Gasteiger partial charge in [0.1, 0.15) is 0 Å². The van der Waals surface area contributed by atoms with Crippen LogP contribution in [0.5, 0.6) is 0 Å². The number of nitrogens with zero attached hydrogens (tertiary/aromatic N) is 1. The van der Waals surface area contributed by atoms with E-state index < -0.39 is 0 Å². The van der Waals surface area contributed by atoms with Crippen LogP contribution in [0.1, 0.15) is 20.3 Å². The molecular formula is C5H15N3. The van der Waals surface area contributed by atoms with E-state index in [0.717, 1.165) is 13.0 Å². The van der Waals surface area contributed by atoms with Crippen molar-refractivity contribution in [3.8, 4) is 0 Å². The van der Waals surface area contributed by atoms with Crippen molar-refractivity contribution in [2.45, 2.75) is 26.4 Å². The van der Waals surface area contributed by atoms with Crippen molar-refractivity contribution in [1.82, 2.24) is 5.01 Å². The molecule has 3 heteroatoms. The lowest BCUT2D eigenvalue weighted by Gasteiger charge is -2.19. The summed E-state index contributed by atoms with van der Waals surface area (Å²) >= 11 is 0. The van der Waals surface area contributed by atoms with Crippen molar-refractivity contribution in [2.24, 2.45) is 11.6 Å². The minimum Gasteiger partial charge on any atom is -0.315 e. The molecule has 0 aromatic heterocycles. The summed E-state index contributed by atoms with van der Waals surface area (Å²) in [4.78, 5) is 0. The van der Waals surface area contributed by atoms with E-state index in [1.807, 2.05) is 13.8 Å². The first-order chi connectivity index (χ1) is 3.72. The Morgan fingerprint density at radius 1 is 1.50 bits per heavy atom. The summed E-state index contributed by atoms with van der Waals surface area (Å²) in [5.74, 6) is 5.44. The van der Waals surface area contributed by atoms with Gasteiger partial charge in [0.2, 0.25) is 0 Å². The SMILES string of the molecule is CCC(N)N(N)CC. The van der Waals surface area contributed by atoms with Crippen LogP contribution < -0.4 is 11.6 Å². The third-order valence-electron chi connectivity index (χ3n) is 1.21. The van der Waals surface area contributed by atoms with Gasteiger partial charge < -0.3 is 5.73 Å². The molecule has 3 nitrogen and oxygen atoms in total. The molecule has 0 bridgehead atoms. The predicted octanol–water partition coefficient (Wildman–Crippen LogP) is -0.123. The van der Waals surface area contributed by atoms with E-state index in [4.69, 9.17) is 11.6 Å². The summed E-state index contributed by atoms with van der Waals surface area (Å²) in [6, 6.07) is 0. The zero-order valence-corrected chi connectivity index (χ0v) is 5.59. The molecule has 0 aromatic rings. The molecule has 0 fully saturated rings. The van der Waals surface area contributed by atoms with Crippen LogP contribution in [-0.4, -0.2) is 17.7 Å². The molecule has 0 spiro atoms. The van der Waals surface area contributed by atoms with Crippen LogP contribution in [0.2, 0.25) is 0 Å². The largest absolute Gasteiger partial charge is 0.315 e. The van der Waals surface area contributed by atoms with E-state index in [1.54, 1.807) is 5.01 Å². The van der Waals surface area contributed by atoms with Gasteiger partial charge in [-0.15, -0.1) is 0 Å². The predicted molar refractivity (Wildman–Crippen MR) is 34.8 cm³/mol. The van der Waals surface area contributed by atoms with Crippen LogP contribution in [0.25, 0.3) is 0 Å². The Morgan fingerprint density at radius 2 is 2.00 bits per heavy atom. The first kappa shape index (κ1) is 7.88. The van der Waals surface area contributed by atoms with Crippen LogP contribution in [0.3, 0.4) is 0 Å². The van der Waals surface area contributed by atoms with E-state index in [-0.39, 0.29) is 6.17 Å². The highest BCUT2D eigenvalue weighted by atomic mass is 15.4. The lowest BCUT2D eigenvalue weighted by Crippen LogP contribution is -2.45. The minimum absolute atomic E-state index is 0.0278. The fourth-order valence-electron chi connectivity index (χ4n) is 0.469. The summed E-state index contributed by atoms with van der Waals surface area (Å²) < 4.78 is 0. The maximum absolute atomic E-state index is 5.53. The minimum atomic E-state index is 0.0278. The molecule has 0 aromatic carbocycles. The average molecular weight is 117 g/mol. The van der Waals surface area contributed by atoms with Gasteiger partial charge in [-0.3, -0.25) is 5.84 Å². The van der Waals surface area contributed by atoms with Gasteiger partial charge in [-0.2, -0.15) is 0 Å². The quantitative estimate of drug-likeness (QED) is 0.308. The third kappa shape index (κ3) is 2.26. The maximum Gasteiger partial charge on any atom is 0.0702 e. The Morgan fingerprint density at radius 3 is 2.12 bits per heavy atom. The molecule has 0 saturated heterocycles. The molecule has 0 amide bonds. The highest BCUT2D eigenvalue weighted by molar-refractivity contribution is 4.52. The van der Waals surface area contributed by atoms with Crippen molar-refractivity contribution in [2.75, 3.05) is 6.54 Å². The summed E-state index contributed by atoms with van der Waals surface area (Å²) in [6.07, 6.45) is 0.935. The topological polar surface area (TPSA) is 55.3 Å². The Kier molecular flexibility index (Phi) is 3.77. The number of hydrogen-bond donors (Lipinski definition) is 2. The molecule has 1 unspecified atom stereocenters. The number of nitrogens with two attached hydrogens (primary N) is 2. The third-order valence-corrected chi connectivity index (χ3v) is 1.21. The first-order valence-corrected chi connectivity index (χ1v) is 2.99. The second kappa shape index (κ2) is 3.83. The molecule has 0 aliphatic heterocycles. The number of rotatable bonds is 3. The molecule has 0 saturated carbocycles. The average Bonchev–Trinajstić information content (AvgIpc) is 1.84. The first-order valence-electron chi connectivity index (χ1n) is 2.99. The Labute approximate surface area is 50.6 Å². The fraction of sp³-hybridized carbons (Fsp3) is 1.00. The molecule has 1 atom stereocenters. The lowest BCUT2D eigenvalue weighted by atomic mass is 10.4. The second-order valence-corrected chi connectivity index (χ2v) is 1.81. The molecule has 0 radical (unpaired) electrons. The normalized spacial score (nSPS) is 14.6. The van der Waals surface area contributed by atoms with Crippen LogP contribution in [0.4, 0.5) is 0 Å². The Hall–Kier alpha value is -0.120. The summed E-state index contributed by atoms with van der Waals surface area (Å²) in [6.45, 7) is 4.81. The number of hydrogen-bond acceptors (Lipinski definition) is 3. The highest BCUT2D eigenvalue weighted by Crippen LogP contribution is 1.87. The van der Waals surface area contributed by atoms with E-state index >= 15 is 0 Å². The molecule has 0 rings (SSSR count). The molecule has 4 N–H and O–H groups in total. The monoisotopic (exact) mass is 117 g/mol. The van der Waals surface area contributed by atoms with Gasteiger partial charge in [0.15, 0.2) is 0 Å². The van der Waals surface area contributed by atoms with Crippen molar-refractivity contribution in [3.63, 3.8) is 0 Å². The van der Waals surface area contributed by atoms with Crippen molar-refractivity contribution < 1.29 is 0 Å². The standard InChI is InChI=1S/C5H15N3/c1-3-5(6)8(7)4-2/h5H,3-4,6-7H2,1-2H3. The van der Waals surface area contributed by atoms with Crippen molar-refractivity contribution in [3.05, 3.63) is 0 Å². The van der Waals surface area contributed by atoms with E-state index in [0.29, 0.717) is 0 Å². The van der Waals surface area contributed by atoms with Crippen LogP contribution in [-0.2, 0) is 0 Å². The smallest absolute Gasteiger partial charge is 0.0702 e. The summed E-state index contributed by atoms with van der Waals surface area (Å²) in [5, 5.41) is 1.62. The highest BCUT2D eigenvalue weighted by Gasteiger charge is 2.02. The zero-order valence-electron chi connectivity index (χ0n) is 5.59. The summed E-state index contributed by atoms with van der Waals surface area (Å²) in [7, 11) is 0. The molecular weight excluding hydrogens is 102 g/mol. The zero-order chi connectivity index (χ0) is 6.57. The van der Waals surface area contributed by atoms with E-state index in [1.165, 1.54) is 0 Å². The Bertz CT molecular complexity index is 47.6. The van der Waals surface area contributed by atoms with E-state index in [2.05, 4.69) is 0 Å². The van der Waals surface area contributed by atoms with Gasteiger partial charge in [-0.05, 0) is 6.42 Å². The molecule has 0 aliphatic rings. The molecule has 50 valence electrons. The van der Waals surface area contributed by atoms with Gasteiger partial charge >= 0.3 is 0 Å². The van der Waals surface area contributed by atoms with Crippen LogP contribution >= 0.6 is 0 Å². The molecule has 0 heterocycles. The molecule has 0 aliphatic carbocycles. The van der Waals surface area contributed by atoms with Gasteiger partial charge in [-0.1, -0.05) is 13.8 Å². The van der Waals surface area contributed by atoms with E-state index in [9.17, 15) is 0 Å². The van der Waals surface area contributed by atoms with Gasteiger partial charge in [0.05, 0.1) is 6.17 Å². The van der Waals surface area contributed by atoms with Gasteiger partial charge in [0, 0.05) is 6.54 Å². The second-order valence-electron chi connectivity index (χ2n) is 1.81. The maximum atomic E-state index is 5.53. The Balaban J connectivity index is 3.29. The van der Waals surface area contributed by atoms with Gasteiger partial charge in [-0.25, -0.2) is 5.01 Å². The van der Waals surface area contributed by atoms with Crippen molar-refractivity contribution >= 4 is 0 Å².